The van der Waals surface area contributed by atoms with Crippen molar-refractivity contribution in [3.8, 4) is 0 Å². The number of para-hydroxylation sites is 1. The fourth-order valence-corrected chi connectivity index (χ4v) is 2.38. The molecule has 0 aliphatic heterocycles. The third-order valence-electron chi connectivity index (χ3n) is 3.29. The van der Waals surface area contributed by atoms with Crippen LogP contribution in [-0.2, 0) is 0 Å². The molecule has 3 rings (SSSR count). The first kappa shape index (κ1) is 15.9. The molecule has 0 atom stereocenters. The SMILES string of the molecule is O=C(Nc1ccccc1)Nc1ccc(Nc2cccc(Cl)c2)cc1. The van der Waals surface area contributed by atoms with Crippen LogP contribution in [0.3, 0.4) is 0 Å². The van der Waals surface area contributed by atoms with E-state index >= 15 is 0 Å². The Kier molecular flexibility index (Phi) is 4.99. The maximum atomic E-state index is 11.9. The zero-order valence-electron chi connectivity index (χ0n) is 12.8. The molecule has 0 radical (unpaired) electrons. The Morgan fingerprint density at radius 3 is 1.92 bits per heavy atom. The third kappa shape index (κ3) is 4.51. The average molecular weight is 338 g/mol. The van der Waals surface area contributed by atoms with Gasteiger partial charge in [-0.25, -0.2) is 4.79 Å². The highest BCUT2D eigenvalue weighted by atomic mass is 35.5. The summed E-state index contributed by atoms with van der Waals surface area (Å²) >= 11 is 5.97. The van der Waals surface area contributed by atoms with Crippen LogP contribution in [-0.4, -0.2) is 6.03 Å². The van der Waals surface area contributed by atoms with Gasteiger partial charge in [0.2, 0.25) is 0 Å². The van der Waals surface area contributed by atoms with Gasteiger partial charge in [0.05, 0.1) is 0 Å². The number of amides is 2. The minimum atomic E-state index is -0.281. The van der Waals surface area contributed by atoms with Crippen molar-refractivity contribution in [3.63, 3.8) is 0 Å². The molecular weight excluding hydrogens is 322 g/mol. The van der Waals surface area contributed by atoms with Crippen LogP contribution in [0.5, 0.6) is 0 Å². The Labute approximate surface area is 145 Å². The fourth-order valence-electron chi connectivity index (χ4n) is 2.18. The van der Waals surface area contributed by atoms with E-state index in [1.165, 1.54) is 0 Å². The monoisotopic (exact) mass is 337 g/mol. The normalized spacial score (nSPS) is 10.0. The third-order valence-corrected chi connectivity index (χ3v) is 3.52. The average Bonchev–Trinajstić information content (AvgIpc) is 2.57. The van der Waals surface area contributed by atoms with E-state index in [1.807, 2.05) is 78.9 Å². The zero-order chi connectivity index (χ0) is 16.8. The first-order valence-electron chi connectivity index (χ1n) is 7.45. The topological polar surface area (TPSA) is 53.2 Å². The van der Waals surface area contributed by atoms with E-state index in [4.69, 9.17) is 11.6 Å². The Bertz CT molecular complexity index is 820. The van der Waals surface area contributed by atoms with E-state index < -0.39 is 0 Å². The molecule has 0 aliphatic carbocycles. The van der Waals surface area contributed by atoms with E-state index in [1.54, 1.807) is 0 Å². The second-order valence-electron chi connectivity index (χ2n) is 5.16. The molecule has 3 aromatic carbocycles. The second kappa shape index (κ2) is 7.53. The lowest BCUT2D eigenvalue weighted by atomic mass is 10.2. The number of halogens is 1. The Balaban J connectivity index is 1.59. The number of nitrogens with one attached hydrogen (secondary N) is 3. The van der Waals surface area contributed by atoms with Gasteiger partial charge in [-0.05, 0) is 54.6 Å². The van der Waals surface area contributed by atoms with Crippen molar-refractivity contribution < 1.29 is 4.79 Å². The summed E-state index contributed by atoms with van der Waals surface area (Å²) in [5.41, 5.74) is 3.27. The van der Waals surface area contributed by atoms with Crippen molar-refractivity contribution in [1.82, 2.24) is 0 Å². The molecule has 4 nitrogen and oxygen atoms in total. The smallest absolute Gasteiger partial charge is 0.323 e. The van der Waals surface area contributed by atoms with Gasteiger partial charge in [-0.1, -0.05) is 35.9 Å². The van der Waals surface area contributed by atoms with Crippen LogP contribution in [0.15, 0.2) is 78.9 Å². The van der Waals surface area contributed by atoms with Crippen LogP contribution in [0.1, 0.15) is 0 Å². The molecular formula is C19H16ClN3O. The van der Waals surface area contributed by atoms with Crippen molar-refractivity contribution in [3.05, 3.63) is 83.9 Å². The molecule has 0 saturated heterocycles. The van der Waals surface area contributed by atoms with Crippen molar-refractivity contribution in [2.24, 2.45) is 0 Å². The van der Waals surface area contributed by atoms with Crippen molar-refractivity contribution in [1.29, 1.82) is 0 Å². The first-order chi connectivity index (χ1) is 11.7. The number of benzene rings is 3. The van der Waals surface area contributed by atoms with Gasteiger partial charge in [-0.3, -0.25) is 0 Å². The molecule has 3 N–H and O–H groups in total. The van der Waals surface area contributed by atoms with E-state index in [0.29, 0.717) is 10.7 Å². The predicted molar refractivity (Wildman–Crippen MR) is 100 cm³/mol. The fraction of sp³-hybridized carbons (Fsp3) is 0. The summed E-state index contributed by atoms with van der Waals surface area (Å²) in [7, 11) is 0. The van der Waals surface area contributed by atoms with Crippen LogP contribution in [0.2, 0.25) is 5.02 Å². The summed E-state index contributed by atoms with van der Waals surface area (Å²) in [4.78, 5) is 11.9. The number of anilines is 4. The molecule has 0 fully saturated rings. The highest BCUT2D eigenvalue weighted by Gasteiger charge is 2.02. The Morgan fingerprint density at radius 1 is 0.667 bits per heavy atom. The molecule has 0 spiro atoms. The van der Waals surface area contributed by atoms with Crippen molar-refractivity contribution >= 4 is 40.4 Å². The summed E-state index contributed by atoms with van der Waals surface area (Å²) < 4.78 is 0. The van der Waals surface area contributed by atoms with E-state index in [2.05, 4.69) is 16.0 Å². The Morgan fingerprint density at radius 2 is 1.25 bits per heavy atom. The summed E-state index contributed by atoms with van der Waals surface area (Å²) in [6, 6.07) is 23.9. The van der Waals surface area contributed by atoms with E-state index in [-0.39, 0.29) is 6.03 Å². The quantitative estimate of drug-likeness (QED) is 0.569. The van der Waals surface area contributed by atoms with Gasteiger partial charge in [0.1, 0.15) is 0 Å². The maximum absolute atomic E-state index is 11.9. The molecule has 0 bridgehead atoms. The number of urea groups is 1. The number of hydrogen-bond donors (Lipinski definition) is 3. The highest BCUT2D eigenvalue weighted by molar-refractivity contribution is 6.30. The maximum Gasteiger partial charge on any atom is 0.323 e. The molecule has 24 heavy (non-hydrogen) atoms. The molecule has 3 aromatic rings. The number of hydrogen-bond acceptors (Lipinski definition) is 2. The summed E-state index contributed by atoms with van der Waals surface area (Å²) in [5, 5.41) is 9.49. The number of carbonyl (C=O) groups excluding carboxylic acids is 1. The molecule has 2 amide bonds. The van der Waals surface area contributed by atoms with Crippen LogP contribution < -0.4 is 16.0 Å². The summed E-state index contributed by atoms with van der Waals surface area (Å²) in [6.45, 7) is 0. The molecule has 0 aromatic heterocycles. The van der Waals surface area contributed by atoms with Crippen LogP contribution >= 0.6 is 11.6 Å². The summed E-state index contributed by atoms with van der Waals surface area (Å²) in [6.07, 6.45) is 0. The van der Waals surface area contributed by atoms with Gasteiger partial charge in [0.25, 0.3) is 0 Å². The van der Waals surface area contributed by atoms with Crippen LogP contribution in [0.25, 0.3) is 0 Å². The molecule has 0 aliphatic rings. The predicted octanol–water partition coefficient (Wildman–Crippen LogP) is 5.73. The van der Waals surface area contributed by atoms with Gasteiger partial charge in [-0.15, -0.1) is 0 Å². The van der Waals surface area contributed by atoms with Crippen LogP contribution in [0.4, 0.5) is 27.5 Å². The summed E-state index contributed by atoms with van der Waals surface area (Å²) in [5.74, 6) is 0. The molecule has 0 unspecified atom stereocenters. The van der Waals surface area contributed by atoms with Gasteiger partial charge >= 0.3 is 6.03 Å². The van der Waals surface area contributed by atoms with Crippen molar-refractivity contribution in [2.75, 3.05) is 16.0 Å². The highest BCUT2D eigenvalue weighted by Crippen LogP contribution is 2.21. The number of rotatable bonds is 4. The lowest BCUT2D eigenvalue weighted by molar-refractivity contribution is 0.262. The molecule has 120 valence electrons. The standard InChI is InChI=1S/C19H16ClN3O/c20-14-5-4-8-18(13-14)21-16-9-11-17(12-10-16)23-19(24)22-15-6-2-1-3-7-15/h1-13,21H,(H2,22,23,24). The minimum absolute atomic E-state index is 0.281. The second-order valence-corrected chi connectivity index (χ2v) is 5.59. The zero-order valence-corrected chi connectivity index (χ0v) is 13.5. The molecule has 5 heteroatoms. The van der Waals surface area contributed by atoms with Crippen molar-refractivity contribution in [2.45, 2.75) is 0 Å². The number of carbonyl (C=O) groups is 1. The van der Waals surface area contributed by atoms with Crippen LogP contribution in [0, 0.1) is 0 Å². The van der Waals surface area contributed by atoms with E-state index in [9.17, 15) is 4.79 Å². The lowest BCUT2D eigenvalue weighted by Gasteiger charge is -2.10. The largest absolute Gasteiger partial charge is 0.355 e. The van der Waals surface area contributed by atoms with Gasteiger partial charge in [0, 0.05) is 27.8 Å². The van der Waals surface area contributed by atoms with Gasteiger partial charge < -0.3 is 16.0 Å². The first-order valence-corrected chi connectivity index (χ1v) is 7.82. The van der Waals surface area contributed by atoms with Gasteiger partial charge in [0.15, 0.2) is 0 Å². The van der Waals surface area contributed by atoms with E-state index in [0.717, 1.165) is 17.1 Å². The Hall–Kier alpha value is -2.98. The minimum Gasteiger partial charge on any atom is -0.355 e. The lowest BCUT2D eigenvalue weighted by Crippen LogP contribution is -2.19. The molecule has 0 heterocycles. The molecule has 0 saturated carbocycles. The van der Waals surface area contributed by atoms with Gasteiger partial charge in [-0.2, -0.15) is 0 Å².